The number of carbonyl (C=O) groups is 1. The van der Waals surface area contributed by atoms with Crippen molar-refractivity contribution in [3.05, 3.63) is 46.2 Å². The van der Waals surface area contributed by atoms with Gasteiger partial charge in [-0.1, -0.05) is 15.9 Å². The van der Waals surface area contributed by atoms with Crippen LogP contribution in [0.25, 0.3) is 5.69 Å². The van der Waals surface area contributed by atoms with Crippen LogP contribution in [-0.2, 0) is 4.74 Å². The van der Waals surface area contributed by atoms with Crippen LogP contribution in [0.5, 0.6) is 0 Å². The lowest BCUT2D eigenvalue weighted by molar-refractivity contribution is -0.00923. The van der Waals surface area contributed by atoms with Crippen molar-refractivity contribution >= 4 is 21.8 Å². The van der Waals surface area contributed by atoms with Crippen molar-refractivity contribution in [1.82, 2.24) is 20.0 Å². The van der Waals surface area contributed by atoms with Gasteiger partial charge >= 0.3 is 0 Å². The third-order valence-electron chi connectivity index (χ3n) is 4.87. The fraction of sp³-hybridized carbons (Fsp3) is 0.474. The summed E-state index contributed by atoms with van der Waals surface area (Å²) in [6.45, 7) is 10.1. The minimum absolute atomic E-state index is 0.0906. The number of hydrogen-bond donors (Lipinski definition) is 1. The number of amides is 1. The Bertz CT molecular complexity index is 764. The number of rotatable bonds is 5. The Balaban J connectivity index is 1.67. The van der Waals surface area contributed by atoms with E-state index in [1.54, 1.807) is 10.9 Å². The van der Waals surface area contributed by atoms with Crippen LogP contribution in [0.15, 0.2) is 34.9 Å². The van der Waals surface area contributed by atoms with E-state index in [1.165, 1.54) is 0 Å². The maximum atomic E-state index is 12.7. The second-order valence-corrected chi connectivity index (χ2v) is 8.04. The van der Waals surface area contributed by atoms with Gasteiger partial charge in [0.15, 0.2) is 0 Å². The normalized spacial score (nSPS) is 15.8. The van der Waals surface area contributed by atoms with Crippen molar-refractivity contribution in [2.45, 2.75) is 26.3 Å². The predicted molar refractivity (Wildman–Crippen MR) is 105 cm³/mol. The molecule has 1 N–H and O–H groups in total. The first kappa shape index (κ1) is 19.1. The Morgan fingerprint density at radius 1 is 1.27 bits per heavy atom. The van der Waals surface area contributed by atoms with Gasteiger partial charge in [0, 0.05) is 29.6 Å². The summed E-state index contributed by atoms with van der Waals surface area (Å²) in [5.41, 5.74) is 2.24. The van der Waals surface area contributed by atoms with Crippen molar-refractivity contribution in [3.8, 4) is 5.69 Å². The van der Waals surface area contributed by atoms with Crippen LogP contribution in [0.4, 0.5) is 0 Å². The van der Waals surface area contributed by atoms with E-state index in [2.05, 4.69) is 45.1 Å². The molecule has 1 aliphatic heterocycles. The number of aromatic nitrogens is 2. The van der Waals surface area contributed by atoms with Crippen LogP contribution < -0.4 is 5.32 Å². The minimum atomic E-state index is -0.116. The highest BCUT2D eigenvalue weighted by Crippen LogP contribution is 2.18. The Morgan fingerprint density at radius 3 is 2.58 bits per heavy atom. The third-order valence-corrected chi connectivity index (χ3v) is 5.40. The van der Waals surface area contributed by atoms with E-state index in [0.29, 0.717) is 12.1 Å². The van der Waals surface area contributed by atoms with Gasteiger partial charge in [-0.25, -0.2) is 4.68 Å². The van der Waals surface area contributed by atoms with Crippen LogP contribution in [-0.4, -0.2) is 59.0 Å². The summed E-state index contributed by atoms with van der Waals surface area (Å²) >= 11 is 3.43. The highest BCUT2D eigenvalue weighted by atomic mass is 79.9. The molecule has 1 aliphatic rings. The van der Waals surface area contributed by atoms with E-state index in [4.69, 9.17) is 4.74 Å². The maximum absolute atomic E-state index is 12.7. The number of hydrogen-bond acceptors (Lipinski definition) is 4. The molecular weight excluding hydrogens is 396 g/mol. The molecule has 0 unspecified atom stereocenters. The molecule has 0 bridgehead atoms. The molecule has 0 atom stereocenters. The van der Waals surface area contributed by atoms with Gasteiger partial charge in [-0.3, -0.25) is 9.69 Å². The molecule has 2 aromatic rings. The second kappa shape index (κ2) is 7.90. The lowest BCUT2D eigenvalue weighted by Crippen LogP contribution is -2.55. The summed E-state index contributed by atoms with van der Waals surface area (Å²) < 4.78 is 8.21. The van der Waals surface area contributed by atoms with E-state index >= 15 is 0 Å². The lowest BCUT2D eigenvalue weighted by atomic mass is 10.0. The van der Waals surface area contributed by atoms with Gasteiger partial charge in [-0.05, 0) is 45.0 Å². The monoisotopic (exact) mass is 420 g/mol. The van der Waals surface area contributed by atoms with E-state index in [1.807, 2.05) is 31.2 Å². The SMILES string of the molecule is Cc1c(C(=O)NCC(C)(C)N2CCOCC2)cnn1-c1ccc(Br)cc1. The third kappa shape index (κ3) is 4.16. The molecule has 0 saturated carbocycles. The average Bonchev–Trinajstić information content (AvgIpc) is 3.03. The summed E-state index contributed by atoms with van der Waals surface area (Å²) in [4.78, 5) is 15.0. The quantitative estimate of drug-likeness (QED) is 0.807. The fourth-order valence-electron chi connectivity index (χ4n) is 3.15. The van der Waals surface area contributed by atoms with Gasteiger partial charge in [-0.2, -0.15) is 5.10 Å². The van der Waals surface area contributed by atoms with Crippen LogP contribution in [0.1, 0.15) is 29.9 Å². The number of carbonyl (C=O) groups excluding carboxylic acids is 1. The Kier molecular flexibility index (Phi) is 5.79. The van der Waals surface area contributed by atoms with Crippen molar-refractivity contribution in [3.63, 3.8) is 0 Å². The van der Waals surface area contributed by atoms with E-state index in [9.17, 15) is 4.79 Å². The molecule has 2 heterocycles. The van der Waals surface area contributed by atoms with Crippen molar-refractivity contribution in [1.29, 1.82) is 0 Å². The molecule has 3 rings (SSSR count). The molecule has 0 radical (unpaired) electrons. The van der Waals surface area contributed by atoms with E-state index in [0.717, 1.165) is 42.2 Å². The zero-order valence-electron chi connectivity index (χ0n) is 15.5. The topological polar surface area (TPSA) is 59.4 Å². The molecule has 0 aliphatic carbocycles. The molecular formula is C19H25BrN4O2. The predicted octanol–water partition coefficient (Wildman–Crippen LogP) is 2.78. The highest BCUT2D eigenvalue weighted by molar-refractivity contribution is 9.10. The van der Waals surface area contributed by atoms with Gasteiger partial charge in [0.05, 0.1) is 36.4 Å². The standard InChI is InChI=1S/C19H25BrN4O2/c1-14-17(12-22-24(14)16-6-4-15(20)5-7-16)18(25)21-13-19(2,3)23-8-10-26-11-9-23/h4-7,12H,8-11,13H2,1-3H3,(H,21,25). The average molecular weight is 421 g/mol. The number of halogens is 1. The molecule has 0 spiro atoms. The Hall–Kier alpha value is -1.70. The maximum Gasteiger partial charge on any atom is 0.254 e. The summed E-state index contributed by atoms with van der Waals surface area (Å²) in [6.07, 6.45) is 1.63. The first-order valence-corrected chi connectivity index (χ1v) is 9.59. The highest BCUT2D eigenvalue weighted by Gasteiger charge is 2.29. The summed E-state index contributed by atoms with van der Waals surface area (Å²) in [7, 11) is 0. The minimum Gasteiger partial charge on any atom is -0.379 e. The first-order valence-electron chi connectivity index (χ1n) is 8.80. The largest absolute Gasteiger partial charge is 0.379 e. The molecule has 1 aromatic heterocycles. The summed E-state index contributed by atoms with van der Waals surface area (Å²) in [6, 6.07) is 7.85. The molecule has 1 fully saturated rings. The molecule has 140 valence electrons. The number of nitrogens with one attached hydrogen (secondary N) is 1. The number of benzene rings is 1. The van der Waals surface area contributed by atoms with Crippen LogP contribution >= 0.6 is 15.9 Å². The van der Waals surface area contributed by atoms with Crippen molar-refractivity contribution in [2.75, 3.05) is 32.8 Å². The number of ether oxygens (including phenoxy) is 1. The zero-order chi connectivity index (χ0) is 18.7. The first-order chi connectivity index (χ1) is 12.4. The number of morpholine rings is 1. The van der Waals surface area contributed by atoms with E-state index < -0.39 is 0 Å². The van der Waals surface area contributed by atoms with Crippen molar-refractivity contribution < 1.29 is 9.53 Å². The fourth-order valence-corrected chi connectivity index (χ4v) is 3.41. The lowest BCUT2D eigenvalue weighted by Gasteiger charge is -2.40. The molecule has 6 nitrogen and oxygen atoms in total. The van der Waals surface area contributed by atoms with Crippen LogP contribution in [0.2, 0.25) is 0 Å². The Labute approximate surface area is 162 Å². The van der Waals surface area contributed by atoms with Gasteiger partial charge in [0.25, 0.3) is 5.91 Å². The molecule has 1 amide bonds. The van der Waals surface area contributed by atoms with Crippen LogP contribution in [0, 0.1) is 6.92 Å². The van der Waals surface area contributed by atoms with Gasteiger partial charge < -0.3 is 10.1 Å². The molecule has 7 heteroatoms. The summed E-state index contributed by atoms with van der Waals surface area (Å²) in [5.74, 6) is -0.0906. The van der Waals surface area contributed by atoms with E-state index in [-0.39, 0.29) is 11.4 Å². The van der Waals surface area contributed by atoms with Crippen LogP contribution in [0.3, 0.4) is 0 Å². The Morgan fingerprint density at radius 2 is 1.92 bits per heavy atom. The second-order valence-electron chi connectivity index (χ2n) is 7.13. The van der Waals surface area contributed by atoms with Gasteiger partial charge in [0.1, 0.15) is 0 Å². The van der Waals surface area contributed by atoms with Crippen molar-refractivity contribution in [2.24, 2.45) is 0 Å². The smallest absolute Gasteiger partial charge is 0.254 e. The number of nitrogens with zero attached hydrogens (tertiary/aromatic N) is 3. The summed E-state index contributed by atoms with van der Waals surface area (Å²) in [5, 5.41) is 7.45. The molecule has 26 heavy (non-hydrogen) atoms. The van der Waals surface area contributed by atoms with Gasteiger partial charge in [-0.15, -0.1) is 0 Å². The van der Waals surface area contributed by atoms with Gasteiger partial charge in [0.2, 0.25) is 0 Å². The zero-order valence-corrected chi connectivity index (χ0v) is 17.0. The molecule has 1 aromatic carbocycles. The molecule has 1 saturated heterocycles.